The van der Waals surface area contributed by atoms with Gasteiger partial charge in [0.2, 0.25) is 0 Å². The van der Waals surface area contributed by atoms with Gasteiger partial charge in [0.25, 0.3) is 0 Å². The fourth-order valence-electron chi connectivity index (χ4n) is 0.950. The van der Waals surface area contributed by atoms with Crippen molar-refractivity contribution < 1.29 is 14.6 Å². The molecule has 0 bridgehead atoms. The SMILES string of the molecule is C[C@@H](Oc1cc(Cl)cc(C#N)c1)C(=O)O. The number of rotatable bonds is 3. The van der Waals surface area contributed by atoms with Gasteiger partial charge >= 0.3 is 5.97 Å². The van der Waals surface area contributed by atoms with Gasteiger partial charge in [-0.25, -0.2) is 4.79 Å². The lowest BCUT2D eigenvalue weighted by molar-refractivity contribution is -0.144. The Balaban J connectivity index is 2.91. The van der Waals surface area contributed by atoms with E-state index in [0.717, 1.165) is 0 Å². The lowest BCUT2D eigenvalue weighted by atomic mass is 10.2. The Labute approximate surface area is 91.7 Å². The van der Waals surface area contributed by atoms with Gasteiger partial charge in [-0.15, -0.1) is 0 Å². The van der Waals surface area contributed by atoms with Crippen molar-refractivity contribution in [2.75, 3.05) is 0 Å². The lowest BCUT2D eigenvalue weighted by Crippen LogP contribution is -2.22. The van der Waals surface area contributed by atoms with Crippen molar-refractivity contribution in [1.82, 2.24) is 0 Å². The number of aliphatic carboxylic acids is 1. The van der Waals surface area contributed by atoms with Crippen LogP contribution in [0.3, 0.4) is 0 Å². The number of benzene rings is 1. The van der Waals surface area contributed by atoms with Crippen LogP contribution in [0.1, 0.15) is 12.5 Å². The van der Waals surface area contributed by atoms with Gasteiger partial charge in [-0.05, 0) is 25.1 Å². The normalized spacial score (nSPS) is 11.5. The highest BCUT2D eigenvalue weighted by Gasteiger charge is 2.13. The smallest absolute Gasteiger partial charge is 0.344 e. The van der Waals surface area contributed by atoms with Crippen LogP contribution in [-0.4, -0.2) is 17.2 Å². The molecule has 0 saturated carbocycles. The second-order valence-electron chi connectivity index (χ2n) is 2.89. The van der Waals surface area contributed by atoms with Crippen LogP contribution in [0.2, 0.25) is 5.02 Å². The molecular weight excluding hydrogens is 218 g/mol. The fraction of sp³-hybridized carbons (Fsp3) is 0.200. The Kier molecular flexibility index (Phi) is 3.53. The first-order valence-electron chi connectivity index (χ1n) is 4.13. The van der Waals surface area contributed by atoms with E-state index in [1.165, 1.54) is 25.1 Å². The summed E-state index contributed by atoms with van der Waals surface area (Å²) in [6, 6.07) is 6.27. The zero-order chi connectivity index (χ0) is 11.4. The van der Waals surface area contributed by atoms with Crippen molar-refractivity contribution in [3.8, 4) is 11.8 Å². The molecule has 1 rings (SSSR count). The van der Waals surface area contributed by atoms with Crippen molar-refractivity contribution in [2.24, 2.45) is 0 Å². The number of hydrogen-bond acceptors (Lipinski definition) is 3. The molecule has 0 amide bonds. The standard InChI is InChI=1S/C10H8ClNO3/c1-6(10(13)14)15-9-3-7(5-12)2-8(11)4-9/h2-4,6H,1H3,(H,13,14)/t6-/m1/s1. The van der Waals surface area contributed by atoms with Crippen LogP contribution in [0, 0.1) is 11.3 Å². The topological polar surface area (TPSA) is 70.3 Å². The van der Waals surface area contributed by atoms with Gasteiger partial charge in [-0.1, -0.05) is 11.6 Å². The summed E-state index contributed by atoms with van der Waals surface area (Å²) < 4.78 is 5.06. The number of ether oxygens (including phenoxy) is 1. The number of carboxylic acids is 1. The maximum Gasteiger partial charge on any atom is 0.344 e. The second-order valence-corrected chi connectivity index (χ2v) is 3.32. The summed E-state index contributed by atoms with van der Waals surface area (Å²) in [7, 11) is 0. The zero-order valence-corrected chi connectivity index (χ0v) is 8.65. The molecule has 0 radical (unpaired) electrons. The minimum absolute atomic E-state index is 0.272. The zero-order valence-electron chi connectivity index (χ0n) is 7.90. The minimum Gasteiger partial charge on any atom is -0.479 e. The number of carboxylic acid groups (broad SMARTS) is 1. The highest BCUT2D eigenvalue weighted by Crippen LogP contribution is 2.21. The monoisotopic (exact) mass is 225 g/mol. The number of carbonyl (C=O) groups is 1. The van der Waals surface area contributed by atoms with E-state index in [-0.39, 0.29) is 5.75 Å². The van der Waals surface area contributed by atoms with Crippen LogP contribution in [0.25, 0.3) is 0 Å². The van der Waals surface area contributed by atoms with Crippen LogP contribution < -0.4 is 4.74 Å². The molecule has 0 saturated heterocycles. The average Bonchev–Trinajstić information content (AvgIpc) is 2.16. The summed E-state index contributed by atoms with van der Waals surface area (Å²) in [6.45, 7) is 1.40. The predicted molar refractivity (Wildman–Crippen MR) is 53.9 cm³/mol. The van der Waals surface area contributed by atoms with Crippen LogP contribution in [-0.2, 0) is 4.79 Å². The number of halogens is 1. The maximum absolute atomic E-state index is 10.5. The Hall–Kier alpha value is -1.73. The molecule has 78 valence electrons. The number of nitriles is 1. The van der Waals surface area contributed by atoms with Gasteiger partial charge in [0, 0.05) is 5.02 Å². The summed E-state index contributed by atoms with van der Waals surface area (Å²) in [5, 5.41) is 17.6. The van der Waals surface area contributed by atoms with E-state index in [1.54, 1.807) is 0 Å². The number of nitrogens with zero attached hydrogens (tertiary/aromatic N) is 1. The van der Waals surface area contributed by atoms with Crippen molar-refractivity contribution in [3.63, 3.8) is 0 Å². The van der Waals surface area contributed by atoms with Crippen molar-refractivity contribution in [1.29, 1.82) is 5.26 Å². The Morgan fingerprint density at radius 2 is 2.27 bits per heavy atom. The number of hydrogen-bond donors (Lipinski definition) is 1. The van der Waals surface area contributed by atoms with Crippen molar-refractivity contribution in [2.45, 2.75) is 13.0 Å². The minimum atomic E-state index is -1.08. The van der Waals surface area contributed by atoms with E-state index >= 15 is 0 Å². The Morgan fingerprint density at radius 1 is 1.60 bits per heavy atom. The summed E-state index contributed by atoms with van der Waals surface area (Å²) in [5.74, 6) is -0.803. The lowest BCUT2D eigenvalue weighted by Gasteiger charge is -2.10. The van der Waals surface area contributed by atoms with E-state index in [1.807, 2.05) is 6.07 Å². The molecule has 0 unspecified atom stereocenters. The van der Waals surface area contributed by atoms with E-state index in [2.05, 4.69) is 0 Å². The molecule has 15 heavy (non-hydrogen) atoms. The van der Waals surface area contributed by atoms with Gasteiger partial charge in [-0.2, -0.15) is 5.26 Å². The first-order chi connectivity index (χ1) is 7.02. The van der Waals surface area contributed by atoms with Crippen molar-refractivity contribution >= 4 is 17.6 Å². The van der Waals surface area contributed by atoms with Crippen molar-refractivity contribution in [3.05, 3.63) is 28.8 Å². The summed E-state index contributed by atoms with van der Waals surface area (Å²) in [4.78, 5) is 10.5. The van der Waals surface area contributed by atoms with Gasteiger partial charge < -0.3 is 9.84 Å². The first-order valence-corrected chi connectivity index (χ1v) is 4.51. The third-order valence-corrected chi connectivity index (χ3v) is 1.88. The molecule has 5 heteroatoms. The Bertz CT molecular complexity index is 425. The van der Waals surface area contributed by atoms with E-state index in [0.29, 0.717) is 10.6 Å². The summed E-state index contributed by atoms with van der Waals surface area (Å²) in [6.07, 6.45) is -0.977. The first kappa shape index (κ1) is 11.3. The highest BCUT2D eigenvalue weighted by molar-refractivity contribution is 6.30. The van der Waals surface area contributed by atoms with E-state index in [4.69, 9.17) is 26.7 Å². The van der Waals surface area contributed by atoms with Gasteiger partial charge in [0.05, 0.1) is 11.6 Å². The van der Waals surface area contributed by atoms with Crippen LogP contribution >= 0.6 is 11.6 Å². The van der Waals surface area contributed by atoms with Crippen LogP contribution in [0.15, 0.2) is 18.2 Å². The molecular formula is C10H8ClNO3. The molecule has 0 aromatic heterocycles. The fourth-order valence-corrected chi connectivity index (χ4v) is 1.17. The molecule has 0 fully saturated rings. The molecule has 1 aromatic carbocycles. The molecule has 0 spiro atoms. The molecule has 0 aliphatic rings. The molecule has 0 aliphatic carbocycles. The van der Waals surface area contributed by atoms with E-state index < -0.39 is 12.1 Å². The quantitative estimate of drug-likeness (QED) is 0.855. The van der Waals surface area contributed by atoms with Gasteiger partial charge in [-0.3, -0.25) is 0 Å². The van der Waals surface area contributed by atoms with E-state index in [9.17, 15) is 4.79 Å². The molecule has 1 N–H and O–H groups in total. The molecule has 4 nitrogen and oxygen atoms in total. The molecule has 1 atom stereocenters. The molecule has 1 aromatic rings. The third kappa shape index (κ3) is 3.15. The second kappa shape index (κ2) is 4.67. The van der Waals surface area contributed by atoms with Gasteiger partial charge in [0.1, 0.15) is 5.75 Å². The van der Waals surface area contributed by atoms with Crippen LogP contribution in [0.5, 0.6) is 5.75 Å². The van der Waals surface area contributed by atoms with Gasteiger partial charge in [0.15, 0.2) is 6.10 Å². The largest absolute Gasteiger partial charge is 0.479 e. The molecule has 0 aliphatic heterocycles. The predicted octanol–water partition coefficient (Wildman–Crippen LogP) is 2.06. The average molecular weight is 226 g/mol. The summed E-state index contributed by atoms with van der Waals surface area (Å²) >= 11 is 5.71. The Morgan fingerprint density at radius 3 is 2.80 bits per heavy atom. The molecule has 0 heterocycles. The highest BCUT2D eigenvalue weighted by atomic mass is 35.5. The maximum atomic E-state index is 10.5. The third-order valence-electron chi connectivity index (χ3n) is 1.66. The van der Waals surface area contributed by atoms with Crippen LogP contribution in [0.4, 0.5) is 0 Å². The summed E-state index contributed by atoms with van der Waals surface area (Å²) in [5.41, 5.74) is 0.329.